The Bertz CT molecular complexity index is 1530. The quantitative estimate of drug-likeness (QED) is 0.282. The first-order valence-corrected chi connectivity index (χ1v) is 15.6. The van der Waals surface area contributed by atoms with Crippen molar-refractivity contribution in [2.75, 3.05) is 31.1 Å². The number of fused-ring (bicyclic) bond motifs is 1. The van der Waals surface area contributed by atoms with E-state index in [0.29, 0.717) is 36.1 Å². The fourth-order valence-corrected chi connectivity index (χ4v) is 6.83. The Morgan fingerprint density at radius 2 is 1.93 bits per heavy atom. The Hall–Kier alpha value is -3.71. The molecule has 2 atom stereocenters. The van der Waals surface area contributed by atoms with E-state index in [1.165, 1.54) is 23.5 Å². The van der Waals surface area contributed by atoms with Crippen LogP contribution in [0.3, 0.4) is 0 Å². The molecule has 1 aliphatic carbocycles. The van der Waals surface area contributed by atoms with Crippen LogP contribution >= 0.6 is 0 Å². The van der Waals surface area contributed by atoms with Crippen LogP contribution in [0, 0.1) is 23.6 Å². The third-order valence-corrected chi connectivity index (χ3v) is 9.32. The number of nitrogens with zero attached hydrogens (tertiary/aromatic N) is 7. The molecule has 2 aromatic heterocycles. The number of halogens is 4. The average Bonchev–Trinajstić information content (AvgIpc) is 3.35. The van der Waals surface area contributed by atoms with Crippen LogP contribution in [-0.4, -0.2) is 62.0 Å². The van der Waals surface area contributed by atoms with E-state index in [1.54, 1.807) is 19.9 Å². The molecule has 3 aliphatic rings. The lowest BCUT2D eigenvalue weighted by atomic mass is 9.90. The van der Waals surface area contributed by atoms with Crippen molar-refractivity contribution < 1.29 is 31.6 Å². The summed E-state index contributed by atoms with van der Waals surface area (Å²) in [6, 6.07) is 5.09. The number of amides is 1. The van der Waals surface area contributed by atoms with Gasteiger partial charge in [-0.05, 0) is 68.9 Å². The van der Waals surface area contributed by atoms with Crippen LogP contribution in [-0.2, 0) is 29.5 Å². The second-order valence-corrected chi connectivity index (χ2v) is 13.5. The lowest BCUT2D eigenvalue weighted by molar-refractivity contribution is -0.151. The van der Waals surface area contributed by atoms with Gasteiger partial charge in [0.25, 0.3) is 0 Å². The number of hydrogen-bond acceptors (Lipinski definition) is 8. The summed E-state index contributed by atoms with van der Waals surface area (Å²) in [6.07, 6.45) is -0.610. The second kappa shape index (κ2) is 11.9. The molecule has 0 spiro atoms. The Balaban J connectivity index is 0.951. The van der Waals surface area contributed by atoms with Gasteiger partial charge >= 0.3 is 12.2 Å². The van der Waals surface area contributed by atoms with Gasteiger partial charge in [-0.25, -0.2) is 4.39 Å². The minimum Gasteiger partial charge on any atom is -0.493 e. The minimum atomic E-state index is -4.66. The number of rotatable bonds is 9. The van der Waals surface area contributed by atoms with Gasteiger partial charge in [-0.2, -0.15) is 18.2 Å². The summed E-state index contributed by atoms with van der Waals surface area (Å²) in [6.45, 7) is 9.47. The Labute approximate surface area is 259 Å². The summed E-state index contributed by atoms with van der Waals surface area (Å²) in [5.41, 5.74) is -0.888. The van der Waals surface area contributed by atoms with Crippen molar-refractivity contribution in [3.8, 4) is 5.75 Å². The molecule has 6 rings (SSSR count). The van der Waals surface area contributed by atoms with Gasteiger partial charge < -0.3 is 19.1 Å². The number of anilines is 1. The van der Waals surface area contributed by atoms with Crippen molar-refractivity contribution in [3.63, 3.8) is 0 Å². The average molecular weight is 634 g/mol. The Kier molecular flexibility index (Phi) is 8.27. The lowest BCUT2D eigenvalue weighted by Crippen LogP contribution is -2.50. The van der Waals surface area contributed by atoms with Gasteiger partial charge in [-0.1, -0.05) is 25.1 Å². The maximum atomic E-state index is 15.0. The molecule has 2 aliphatic heterocycles. The first-order valence-electron chi connectivity index (χ1n) is 15.6. The van der Waals surface area contributed by atoms with Crippen LogP contribution in [0.4, 0.5) is 23.6 Å². The molecule has 0 unspecified atom stereocenters. The van der Waals surface area contributed by atoms with E-state index in [2.05, 4.69) is 25.2 Å². The highest BCUT2D eigenvalue weighted by Gasteiger charge is 2.46. The smallest absolute Gasteiger partial charge is 0.451 e. The zero-order valence-electron chi connectivity index (χ0n) is 26.0. The van der Waals surface area contributed by atoms with Gasteiger partial charge in [0.05, 0.1) is 25.1 Å². The lowest BCUT2D eigenvalue weighted by Gasteiger charge is -2.40. The zero-order chi connectivity index (χ0) is 32.1. The fraction of sp³-hybridized carbons (Fsp3) is 0.645. The molecule has 1 saturated heterocycles. The van der Waals surface area contributed by atoms with Crippen LogP contribution in [0.1, 0.15) is 82.3 Å². The van der Waals surface area contributed by atoms with E-state index in [0.717, 1.165) is 42.7 Å². The highest BCUT2D eigenvalue weighted by Crippen LogP contribution is 2.50. The van der Waals surface area contributed by atoms with E-state index in [-0.39, 0.29) is 36.8 Å². The first-order chi connectivity index (χ1) is 21.3. The molecule has 1 amide bonds. The molecule has 1 aromatic carbocycles. The van der Waals surface area contributed by atoms with Gasteiger partial charge in [0.1, 0.15) is 11.6 Å². The molecule has 2 fully saturated rings. The van der Waals surface area contributed by atoms with Crippen LogP contribution in [0.15, 0.2) is 22.7 Å². The molecule has 45 heavy (non-hydrogen) atoms. The van der Waals surface area contributed by atoms with E-state index < -0.39 is 29.3 Å². The fourth-order valence-electron chi connectivity index (χ4n) is 6.83. The molecule has 0 N–H and O–H groups in total. The number of carbonyl (C=O) groups is 1. The third-order valence-electron chi connectivity index (χ3n) is 9.32. The summed E-state index contributed by atoms with van der Waals surface area (Å²) in [5, 5.41) is 11.1. The van der Waals surface area contributed by atoms with Crippen LogP contribution in [0.25, 0.3) is 0 Å². The molecule has 244 valence electrons. The van der Waals surface area contributed by atoms with E-state index >= 15 is 0 Å². The van der Waals surface area contributed by atoms with Crippen molar-refractivity contribution >= 4 is 11.9 Å². The van der Waals surface area contributed by atoms with Crippen molar-refractivity contribution in [1.29, 1.82) is 0 Å². The molecule has 0 radical (unpaired) electrons. The summed E-state index contributed by atoms with van der Waals surface area (Å²) < 4.78 is 67.5. The molecule has 1 saturated carbocycles. The number of hydrogen-bond donors (Lipinski definition) is 0. The summed E-state index contributed by atoms with van der Waals surface area (Å²) in [4.78, 5) is 21.2. The number of ether oxygens (including phenoxy) is 1. The molecule has 3 aromatic rings. The van der Waals surface area contributed by atoms with Crippen molar-refractivity contribution in [1.82, 2.24) is 29.8 Å². The van der Waals surface area contributed by atoms with Gasteiger partial charge in [-0.15, -0.1) is 10.2 Å². The van der Waals surface area contributed by atoms with Gasteiger partial charge in [-0.3, -0.25) is 9.36 Å². The number of carbonyl (C=O) groups excluding carboxylic acids is 1. The molecule has 4 heterocycles. The largest absolute Gasteiger partial charge is 0.493 e. The maximum absolute atomic E-state index is 15.0. The van der Waals surface area contributed by atoms with Crippen molar-refractivity contribution in [2.24, 2.45) is 17.8 Å². The van der Waals surface area contributed by atoms with Crippen molar-refractivity contribution in [2.45, 2.75) is 84.0 Å². The van der Waals surface area contributed by atoms with Gasteiger partial charge in [0, 0.05) is 31.6 Å². The summed E-state index contributed by atoms with van der Waals surface area (Å²) >= 11 is 0. The third kappa shape index (κ3) is 6.64. The van der Waals surface area contributed by atoms with Gasteiger partial charge in [0.15, 0.2) is 11.6 Å². The maximum Gasteiger partial charge on any atom is 0.451 e. The normalized spacial score (nSPS) is 21.7. The number of benzene rings is 1. The minimum absolute atomic E-state index is 0.0157. The second-order valence-electron chi connectivity index (χ2n) is 13.5. The van der Waals surface area contributed by atoms with Crippen LogP contribution in [0.2, 0.25) is 0 Å². The molecular formula is C31H39F4N7O3. The predicted molar refractivity (Wildman–Crippen MR) is 155 cm³/mol. The number of piperidine rings is 1. The summed E-state index contributed by atoms with van der Waals surface area (Å²) in [5.74, 6) is 1.33. The highest BCUT2D eigenvalue weighted by atomic mass is 19.4. The Morgan fingerprint density at radius 1 is 1.18 bits per heavy atom. The predicted octanol–water partition coefficient (Wildman–Crippen LogP) is 5.58. The monoisotopic (exact) mass is 633 g/mol. The highest BCUT2D eigenvalue weighted by molar-refractivity contribution is 5.79. The van der Waals surface area contributed by atoms with Crippen LogP contribution < -0.4 is 9.64 Å². The molecule has 10 nitrogen and oxygen atoms in total. The van der Waals surface area contributed by atoms with Crippen LogP contribution in [0.5, 0.6) is 5.75 Å². The Morgan fingerprint density at radius 3 is 2.60 bits per heavy atom. The molecule has 14 heteroatoms. The van der Waals surface area contributed by atoms with E-state index in [4.69, 9.17) is 9.26 Å². The molecule has 0 bridgehead atoms. The topological polar surface area (TPSA) is 102 Å². The first kappa shape index (κ1) is 31.3. The van der Waals surface area contributed by atoms with Crippen molar-refractivity contribution in [3.05, 3.63) is 47.1 Å². The van der Waals surface area contributed by atoms with E-state index in [9.17, 15) is 22.4 Å². The van der Waals surface area contributed by atoms with E-state index in [1.807, 2.05) is 13.8 Å². The standard InChI is InChI=1S/C31H39F4N7O3/c1-18(2)27-36-29(45-39-27)40-10-7-19(8-11-40)23-13-20(23)9-12-44-22-6-5-21(24(32)15-22)14-26(43)41-16-25-37-38-28(31(33,34)35)42(25)30(3,4)17-41/h5-6,15,18-20,23H,7-14,16-17H2,1-4H3/t20-,23-/m1/s1. The zero-order valence-corrected chi connectivity index (χ0v) is 26.0. The number of alkyl halides is 3. The van der Waals surface area contributed by atoms with Gasteiger partial charge in [0.2, 0.25) is 11.7 Å². The summed E-state index contributed by atoms with van der Waals surface area (Å²) in [7, 11) is 0. The SMILES string of the molecule is CC(C)c1noc(N2CCC([C@H]3C[C@H]3CCOc3ccc(CC(=O)N4Cc5nnc(C(F)(F)F)n5C(C)(C)C4)c(F)c3)CC2)n1. The number of aromatic nitrogens is 5. The molecular weight excluding hydrogens is 594 g/mol.